The molecule has 0 aromatic carbocycles. The zero-order valence-corrected chi connectivity index (χ0v) is 14.4. The Balaban J connectivity index is 1.35. The summed E-state index contributed by atoms with van der Waals surface area (Å²) in [5.74, 6) is 0.769. The number of hydrogen-bond acceptors (Lipinski definition) is 7. The Morgan fingerprint density at radius 3 is 2.88 bits per heavy atom. The molecule has 3 amide bonds. The Morgan fingerprint density at radius 1 is 1.28 bits per heavy atom. The van der Waals surface area contributed by atoms with Crippen molar-refractivity contribution < 1.29 is 23.3 Å². The molecule has 3 rings (SSSR count). The number of rotatable bonds is 7. The lowest BCUT2D eigenvalue weighted by Crippen LogP contribution is -3.08. The number of hydrogen-bond donors (Lipinski definition) is 3. The predicted molar refractivity (Wildman–Crippen MR) is 87.7 cm³/mol. The van der Waals surface area contributed by atoms with Crippen molar-refractivity contribution in [2.24, 2.45) is 0 Å². The van der Waals surface area contributed by atoms with E-state index < -0.39 is 11.9 Å². The van der Waals surface area contributed by atoms with Crippen LogP contribution in [-0.4, -0.2) is 41.0 Å². The molecule has 134 valence electrons. The molecule has 1 fully saturated rings. The first-order valence-electron chi connectivity index (χ1n) is 8.08. The van der Waals surface area contributed by atoms with Crippen LogP contribution in [0, 0.1) is 0 Å². The minimum absolute atomic E-state index is 0.0202. The van der Waals surface area contributed by atoms with Gasteiger partial charge in [0, 0.05) is 12.8 Å². The Bertz CT molecular complexity index is 697. The number of thioether (sulfide) groups is 1. The quantitative estimate of drug-likeness (QED) is 0.589. The number of imide groups is 1. The first kappa shape index (κ1) is 17.5. The van der Waals surface area contributed by atoms with E-state index in [9.17, 15) is 9.59 Å². The number of nitrogens with one attached hydrogen (secondary N) is 3. The number of urea groups is 1. The van der Waals surface area contributed by atoms with E-state index in [2.05, 4.69) is 20.8 Å². The molecule has 3 N–H and O–H groups in total. The monoisotopic (exact) mass is 366 g/mol. The van der Waals surface area contributed by atoms with Crippen LogP contribution in [0.15, 0.2) is 32.5 Å². The fraction of sp³-hybridized carbons (Fsp3) is 0.467. The molecular weight excluding hydrogens is 346 g/mol. The van der Waals surface area contributed by atoms with E-state index in [1.165, 1.54) is 24.0 Å². The topological polar surface area (TPSA) is 115 Å². The molecule has 0 spiro atoms. The largest absolute Gasteiger partial charge is 0.467 e. The molecule has 0 bridgehead atoms. The normalized spacial score (nSPS) is 14.6. The molecule has 10 heteroatoms. The van der Waals surface area contributed by atoms with Crippen molar-refractivity contribution in [1.82, 2.24) is 20.8 Å². The summed E-state index contributed by atoms with van der Waals surface area (Å²) in [5.41, 5.74) is 0. The van der Waals surface area contributed by atoms with E-state index in [0.717, 1.165) is 31.4 Å². The maximum Gasteiger partial charge on any atom is 0.321 e. The van der Waals surface area contributed by atoms with Crippen LogP contribution in [0.1, 0.15) is 24.5 Å². The molecule has 2 aromatic rings. The number of carbonyl (C=O) groups excluding carboxylic acids is 2. The van der Waals surface area contributed by atoms with Crippen LogP contribution in [0.2, 0.25) is 0 Å². The number of nitrogens with zero attached hydrogens (tertiary/aromatic N) is 2. The zero-order valence-electron chi connectivity index (χ0n) is 13.6. The highest BCUT2D eigenvalue weighted by atomic mass is 32.2. The molecule has 0 atom stereocenters. The van der Waals surface area contributed by atoms with Crippen LogP contribution in [0.25, 0.3) is 0 Å². The predicted octanol–water partition coefficient (Wildman–Crippen LogP) is -0.0406. The lowest BCUT2D eigenvalue weighted by molar-refractivity contribution is -0.902. The Hall–Kier alpha value is -2.33. The standard InChI is InChI=1S/C15H19N5O4S/c21-12(17-14(22)16-8-11-4-3-7-23-11)10-25-15-19-18-13(24-15)9-20-5-1-2-6-20/h3-4,7H,1-2,5-6,8-10H2,(H2,16,17,21,22)/p+1. The highest BCUT2D eigenvalue weighted by Crippen LogP contribution is 2.15. The number of carbonyl (C=O) groups is 2. The summed E-state index contributed by atoms with van der Waals surface area (Å²) in [7, 11) is 0. The average Bonchev–Trinajstić information content (AvgIpc) is 3.35. The number of aromatic nitrogens is 2. The minimum Gasteiger partial charge on any atom is -0.467 e. The van der Waals surface area contributed by atoms with Gasteiger partial charge >= 0.3 is 6.03 Å². The fourth-order valence-corrected chi connectivity index (χ4v) is 3.13. The van der Waals surface area contributed by atoms with Crippen LogP contribution in [-0.2, 0) is 17.9 Å². The molecule has 3 heterocycles. The van der Waals surface area contributed by atoms with Gasteiger partial charge in [-0.3, -0.25) is 10.1 Å². The van der Waals surface area contributed by atoms with E-state index in [-0.39, 0.29) is 12.3 Å². The van der Waals surface area contributed by atoms with Crippen molar-refractivity contribution in [3.05, 3.63) is 30.0 Å². The highest BCUT2D eigenvalue weighted by molar-refractivity contribution is 7.99. The third-order valence-corrected chi connectivity index (χ3v) is 4.56. The van der Waals surface area contributed by atoms with E-state index in [4.69, 9.17) is 8.83 Å². The summed E-state index contributed by atoms with van der Waals surface area (Å²) in [6.07, 6.45) is 3.97. The van der Waals surface area contributed by atoms with Gasteiger partial charge in [0.2, 0.25) is 5.91 Å². The molecule has 1 aliphatic heterocycles. The summed E-state index contributed by atoms with van der Waals surface area (Å²) < 4.78 is 10.6. The summed E-state index contributed by atoms with van der Waals surface area (Å²) in [4.78, 5) is 24.8. The number of likely N-dealkylation sites (tertiary alicyclic amines) is 1. The molecule has 2 aromatic heterocycles. The molecule has 0 saturated carbocycles. The fourth-order valence-electron chi connectivity index (χ4n) is 2.55. The Kier molecular flexibility index (Phi) is 6.07. The van der Waals surface area contributed by atoms with Gasteiger partial charge in [0.15, 0.2) is 6.54 Å². The maximum absolute atomic E-state index is 11.8. The number of furan rings is 1. The summed E-state index contributed by atoms with van der Waals surface area (Å²) in [5, 5.41) is 13.0. The first-order chi connectivity index (χ1) is 12.2. The molecule has 0 radical (unpaired) electrons. The molecular formula is C15H20N5O4S+. The van der Waals surface area contributed by atoms with Gasteiger partial charge in [-0.1, -0.05) is 11.8 Å². The molecule has 0 aliphatic carbocycles. The molecule has 9 nitrogen and oxygen atoms in total. The maximum atomic E-state index is 11.8. The van der Waals surface area contributed by atoms with Crippen molar-refractivity contribution in [3.8, 4) is 0 Å². The van der Waals surface area contributed by atoms with E-state index in [1.807, 2.05) is 0 Å². The second kappa shape index (κ2) is 8.67. The minimum atomic E-state index is -0.578. The van der Waals surface area contributed by atoms with Gasteiger partial charge < -0.3 is 19.1 Å². The Labute approximate surface area is 148 Å². The second-order valence-electron chi connectivity index (χ2n) is 5.69. The van der Waals surface area contributed by atoms with E-state index in [0.29, 0.717) is 16.9 Å². The SMILES string of the molecule is O=C(CSc1nnc(C[NH+]2CCCC2)o1)NC(=O)NCc1ccco1. The van der Waals surface area contributed by atoms with Gasteiger partial charge in [-0.2, -0.15) is 0 Å². The van der Waals surface area contributed by atoms with Gasteiger partial charge in [-0.25, -0.2) is 4.79 Å². The van der Waals surface area contributed by atoms with Crippen molar-refractivity contribution in [2.75, 3.05) is 18.8 Å². The van der Waals surface area contributed by atoms with Crippen molar-refractivity contribution in [2.45, 2.75) is 31.2 Å². The summed E-state index contributed by atoms with van der Waals surface area (Å²) >= 11 is 1.11. The third-order valence-electron chi connectivity index (χ3n) is 3.74. The second-order valence-corrected chi connectivity index (χ2v) is 6.62. The third kappa shape index (κ3) is 5.61. The van der Waals surface area contributed by atoms with Crippen molar-refractivity contribution in [3.63, 3.8) is 0 Å². The van der Waals surface area contributed by atoms with Crippen LogP contribution >= 0.6 is 11.8 Å². The van der Waals surface area contributed by atoms with Gasteiger partial charge in [0.25, 0.3) is 11.1 Å². The highest BCUT2D eigenvalue weighted by Gasteiger charge is 2.19. The van der Waals surface area contributed by atoms with Crippen LogP contribution in [0.5, 0.6) is 0 Å². The van der Waals surface area contributed by atoms with Gasteiger partial charge in [0.1, 0.15) is 5.76 Å². The van der Waals surface area contributed by atoms with E-state index >= 15 is 0 Å². The van der Waals surface area contributed by atoms with Gasteiger partial charge in [-0.15, -0.1) is 10.2 Å². The molecule has 1 aliphatic rings. The van der Waals surface area contributed by atoms with E-state index in [1.54, 1.807) is 12.1 Å². The molecule has 1 saturated heterocycles. The van der Waals surface area contributed by atoms with Gasteiger partial charge in [-0.05, 0) is 12.1 Å². The number of amides is 3. The average molecular weight is 366 g/mol. The van der Waals surface area contributed by atoms with Crippen LogP contribution < -0.4 is 15.5 Å². The smallest absolute Gasteiger partial charge is 0.321 e. The zero-order chi connectivity index (χ0) is 17.5. The lowest BCUT2D eigenvalue weighted by atomic mass is 10.4. The first-order valence-corrected chi connectivity index (χ1v) is 9.06. The summed E-state index contributed by atoms with van der Waals surface area (Å²) in [6, 6.07) is 2.88. The van der Waals surface area contributed by atoms with Crippen LogP contribution in [0.4, 0.5) is 4.79 Å². The molecule has 0 unspecified atom stereocenters. The van der Waals surface area contributed by atoms with Gasteiger partial charge in [0.05, 0.1) is 31.7 Å². The molecule has 25 heavy (non-hydrogen) atoms. The van der Waals surface area contributed by atoms with Crippen molar-refractivity contribution in [1.29, 1.82) is 0 Å². The summed E-state index contributed by atoms with van der Waals surface area (Å²) in [6.45, 7) is 3.18. The Morgan fingerprint density at radius 2 is 2.12 bits per heavy atom. The number of quaternary nitrogens is 1. The van der Waals surface area contributed by atoms with Crippen LogP contribution in [0.3, 0.4) is 0 Å². The van der Waals surface area contributed by atoms with Crippen molar-refractivity contribution >= 4 is 23.7 Å². The lowest BCUT2D eigenvalue weighted by Gasteiger charge is -2.07.